The Morgan fingerprint density at radius 1 is 0.974 bits per heavy atom. The Labute approximate surface area is 213 Å². The van der Waals surface area contributed by atoms with Crippen molar-refractivity contribution < 1.29 is 49.3 Å². The van der Waals surface area contributed by atoms with Gasteiger partial charge in [-0.15, -0.1) is 0 Å². The molecule has 1 aromatic carbocycles. The van der Waals surface area contributed by atoms with Crippen molar-refractivity contribution in [3.8, 4) is 0 Å². The molecule has 1 heterocycles. The van der Waals surface area contributed by atoms with Gasteiger partial charge in [-0.1, -0.05) is 25.5 Å². The van der Waals surface area contributed by atoms with E-state index in [9.17, 15) is 35.1 Å². The Kier molecular flexibility index (Phi) is 8.46. The maximum Gasteiger partial charge on any atom is 0.432 e. The van der Waals surface area contributed by atoms with Gasteiger partial charge in [0.05, 0.1) is 19.6 Å². The van der Waals surface area contributed by atoms with Gasteiger partial charge in [-0.05, 0) is 24.1 Å². The van der Waals surface area contributed by atoms with Crippen LogP contribution in [-0.2, 0) is 14.2 Å². The topological polar surface area (TPSA) is 27.7 Å². The normalized spacial score (nSPS) is 25.1. The van der Waals surface area contributed by atoms with Crippen molar-refractivity contribution in [2.24, 2.45) is 5.92 Å². The lowest BCUT2D eigenvalue weighted by Crippen LogP contribution is -2.27. The van der Waals surface area contributed by atoms with Gasteiger partial charge in [0.1, 0.15) is 40.5 Å². The lowest BCUT2D eigenvalue weighted by molar-refractivity contribution is -0.206. The number of ether oxygens (including phenoxy) is 3. The van der Waals surface area contributed by atoms with E-state index in [-0.39, 0.29) is 23.6 Å². The van der Waals surface area contributed by atoms with Crippen molar-refractivity contribution in [3.63, 3.8) is 0 Å². The van der Waals surface area contributed by atoms with Crippen LogP contribution in [0.15, 0.2) is 76.9 Å². The van der Waals surface area contributed by atoms with Gasteiger partial charge in [0.15, 0.2) is 12.1 Å². The molecule has 3 aliphatic rings. The van der Waals surface area contributed by atoms with Crippen molar-refractivity contribution >= 4 is 0 Å². The SMILES string of the molecule is CCCC1COC(c2ccc(C3C=C(F)C(C(F)(F)OC4=CC(F)=C(F)CC(F)=C4)=C(F)C3)c(F)c2)OC1. The van der Waals surface area contributed by atoms with E-state index >= 15 is 0 Å². The van der Waals surface area contributed by atoms with Gasteiger partial charge in [0.25, 0.3) is 0 Å². The van der Waals surface area contributed by atoms with Crippen LogP contribution >= 0.6 is 0 Å². The maximum atomic E-state index is 14.9. The van der Waals surface area contributed by atoms with Gasteiger partial charge >= 0.3 is 6.11 Å². The molecule has 11 heteroatoms. The summed E-state index contributed by atoms with van der Waals surface area (Å²) in [4.78, 5) is 0. The van der Waals surface area contributed by atoms with Crippen LogP contribution in [0.5, 0.6) is 0 Å². The zero-order valence-corrected chi connectivity index (χ0v) is 20.2. The summed E-state index contributed by atoms with van der Waals surface area (Å²) in [7, 11) is 0. The minimum Gasteiger partial charge on any atom is -0.429 e. The average Bonchev–Trinajstić information content (AvgIpc) is 2.94. The van der Waals surface area contributed by atoms with Crippen molar-refractivity contribution in [3.05, 3.63) is 93.8 Å². The zero-order chi connectivity index (χ0) is 27.6. The minimum absolute atomic E-state index is 0.141. The van der Waals surface area contributed by atoms with Gasteiger partial charge in [0.2, 0.25) is 0 Å². The summed E-state index contributed by atoms with van der Waals surface area (Å²) >= 11 is 0. The maximum absolute atomic E-state index is 14.9. The molecule has 2 aliphatic carbocycles. The summed E-state index contributed by atoms with van der Waals surface area (Å²) in [5.41, 5.74) is -1.60. The highest BCUT2D eigenvalue weighted by Gasteiger charge is 2.46. The van der Waals surface area contributed by atoms with Crippen LogP contribution in [0.1, 0.15) is 55.9 Å². The fraction of sp³-hybridized carbons (Fsp3) is 0.407. The number of allylic oxidation sites excluding steroid dienone is 7. The second-order valence-electron chi connectivity index (χ2n) is 9.23. The third-order valence-electron chi connectivity index (χ3n) is 6.30. The lowest BCUT2D eigenvalue weighted by atomic mass is 9.87. The van der Waals surface area contributed by atoms with Crippen LogP contribution in [0.4, 0.5) is 35.1 Å². The number of rotatable bonds is 7. The largest absolute Gasteiger partial charge is 0.432 e. The predicted octanol–water partition coefficient (Wildman–Crippen LogP) is 8.75. The second kappa shape index (κ2) is 11.4. The van der Waals surface area contributed by atoms with E-state index in [2.05, 4.69) is 4.74 Å². The molecule has 3 nitrogen and oxygen atoms in total. The van der Waals surface area contributed by atoms with Crippen LogP contribution in [0.3, 0.4) is 0 Å². The van der Waals surface area contributed by atoms with Crippen molar-refractivity contribution in [2.45, 2.75) is 50.9 Å². The highest BCUT2D eigenvalue weighted by Crippen LogP contribution is 2.45. The highest BCUT2D eigenvalue weighted by atomic mass is 19.3. The third kappa shape index (κ3) is 6.20. The first-order valence-electron chi connectivity index (χ1n) is 12.0. The monoisotopic (exact) mass is 548 g/mol. The molecule has 0 aromatic heterocycles. The summed E-state index contributed by atoms with van der Waals surface area (Å²) in [5, 5.41) is 0. The van der Waals surface area contributed by atoms with Crippen LogP contribution in [0.2, 0.25) is 0 Å². The fourth-order valence-electron chi connectivity index (χ4n) is 4.48. The molecular weight excluding hydrogens is 524 g/mol. The molecule has 1 fully saturated rings. The van der Waals surface area contributed by atoms with Crippen LogP contribution in [0, 0.1) is 11.7 Å². The van der Waals surface area contributed by atoms with Gasteiger partial charge in [-0.2, -0.15) is 8.78 Å². The van der Waals surface area contributed by atoms with E-state index in [0.29, 0.717) is 24.9 Å². The molecule has 0 spiro atoms. The molecule has 0 N–H and O–H groups in total. The van der Waals surface area contributed by atoms with Gasteiger partial charge in [-0.3, -0.25) is 0 Å². The summed E-state index contributed by atoms with van der Waals surface area (Å²) in [6, 6.07) is 3.83. The number of hydrogen-bond acceptors (Lipinski definition) is 3. The zero-order valence-electron chi connectivity index (χ0n) is 20.2. The van der Waals surface area contributed by atoms with E-state index in [0.717, 1.165) is 18.9 Å². The number of benzene rings is 1. The molecule has 1 aromatic rings. The fourth-order valence-corrected chi connectivity index (χ4v) is 4.48. The van der Waals surface area contributed by atoms with Gasteiger partial charge in [-0.25, -0.2) is 26.3 Å². The van der Waals surface area contributed by atoms with Crippen molar-refractivity contribution in [2.75, 3.05) is 13.2 Å². The average molecular weight is 548 g/mol. The molecular formula is C27H24F8O3. The Hall–Kier alpha value is -2.92. The first-order chi connectivity index (χ1) is 18.0. The Morgan fingerprint density at radius 2 is 1.68 bits per heavy atom. The standard InChI is InChI=1S/C27H24F8O3/c1-2-3-14-12-36-26(37-13-14)15-4-5-19(20(29)6-15)16-7-23(32)25(24(33)8-16)27(34,35)38-18-9-17(28)10-21(30)22(31)11-18/h4-7,9,11,14,16,26H,2-3,8,10,12-13H2,1H3. The molecule has 0 bridgehead atoms. The van der Waals surface area contributed by atoms with E-state index in [1.807, 2.05) is 6.92 Å². The lowest BCUT2D eigenvalue weighted by Gasteiger charge is -2.30. The number of halogens is 8. The molecule has 1 atom stereocenters. The quantitative estimate of drug-likeness (QED) is 0.319. The van der Waals surface area contributed by atoms with E-state index in [1.54, 1.807) is 0 Å². The minimum atomic E-state index is -4.72. The van der Waals surface area contributed by atoms with Crippen LogP contribution in [-0.4, -0.2) is 19.3 Å². The molecule has 1 unspecified atom stereocenters. The molecule has 0 amide bonds. The molecule has 4 rings (SSSR count). The van der Waals surface area contributed by atoms with Gasteiger partial charge < -0.3 is 14.2 Å². The van der Waals surface area contributed by atoms with E-state index < -0.39 is 77.4 Å². The molecule has 1 saturated heterocycles. The third-order valence-corrected chi connectivity index (χ3v) is 6.30. The summed E-state index contributed by atoms with van der Waals surface area (Å²) in [5.74, 6) is -11.0. The predicted molar refractivity (Wildman–Crippen MR) is 121 cm³/mol. The first-order valence-corrected chi connectivity index (χ1v) is 12.0. The van der Waals surface area contributed by atoms with E-state index in [4.69, 9.17) is 9.47 Å². The molecule has 1 aliphatic heterocycles. The first kappa shape index (κ1) is 28.1. The summed E-state index contributed by atoms with van der Waals surface area (Å²) < 4.78 is 130. The highest BCUT2D eigenvalue weighted by molar-refractivity contribution is 5.43. The molecule has 0 radical (unpaired) electrons. The number of hydrogen-bond donors (Lipinski definition) is 0. The summed E-state index contributed by atoms with van der Waals surface area (Å²) in [6.45, 7) is 2.91. The van der Waals surface area contributed by atoms with Crippen molar-refractivity contribution in [1.82, 2.24) is 0 Å². The van der Waals surface area contributed by atoms with Crippen LogP contribution < -0.4 is 0 Å². The Morgan fingerprint density at radius 3 is 2.32 bits per heavy atom. The van der Waals surface area contributed by atoms with Gasteiger partial charge in [0, 0.05) is 36.0 Å². The van der Waals surface area contributed by atoms with E-state index in [1.165, 1.54) is 12.1 Å². The molecule has 38 heavy (non-hydrogen) atoms. The molecule has 206 valence electrons. The number of alkyl halides is 2. The van der Waals surface area contributed by atoms with Crippen molar-refractivity contribution in [1.29, 1.82) is 0 Å². The Bertz CT molecular complexity index is 1220. The Balaban J connectivity index is 1.50. The van der Waals surface area contributed by atoms with Crippen LogP contribution in [0.25, 0.3) is 0 Å². The molecule has 0 saturated carbocycles. The second-order valence-corrected chi connectivity index (χ2v) is 9.23. The summed E-state index contributed by atoms with van der Waals surface area (Å²) in [6.07, 6.45) is -4.57. The smallest absolute Gasteiger partial charge is 0.429 e.